The topological polar surface area (TPSA) is 41.9 Å². The van der Waals surface area contributed by atoms with E-state index in [0.29, 0.717) is 27.7 Å². The van der Waals surface area contributed by atoms with E-state index in [4.69, 9.17) is 35.4 Å². The van der Waals surface area contributed by atoms with Crippen molar-refractivity contribution in [3.05, 3.63) is 45.2 Å². The molecule has 2 rings (SSSR count). The molecular formula is C17H22Cl2N4S. The van der Waals surface area contributed by atoms with Gasteiger partial charge in [-0.3, -0.25) is 4.68 Å². The molecule has 0 bridgehead atoms. The fraction of sp³-hybridized carbons (Fsp3) is 0.412. The van der Waals surface area contributed by atoms with Crippen LogP contribution in [0.25, 0.3) is 0 Å². The highest BCUT2D eigenvalue weighted by atomic mass is 35.5. The van der Waals surface area contributed by atoms with Crippen molar-refractivity contribution in [3.8, 4) is 0 Å². The number of aromatic nitrogens is 2. The standard InChI is InChI=1S/C17H22Cl2N4S/c1-5-10(2)20-17(24)21-16-11(3)22-23(12(16)4)9-13-6-7-14(18)15(19)8-13/h6-8,10H,5,9H2,1-4H3,(H2,20,21,24). The molecule has 0 aliphatic rings. The fourth-order valence-electron chi connectivity index (χ4n) is 2.32. The van der Waals surface area contributed by atoms with Gasteiger partial charge in [-0.05, 0) is 57.1 Å². The molecule has 0 saturated carbocycles. The fourth-order valence-corrected chi connectivity index (χ4v) is 2.94. The van der Waals surface area contributed by atoms with Crippen molar-refractivity contribution in [2.45, 2.75) is 46.7 Å². The summed E-state index contributed by atoms with van der Waals surface area (Å²) in [6, 6.07) is 5.95. The molecule has 4 nitrogen and oxygen atoms in total. The Bertz CT molecular complexity index is 742. The van der Waals surface area contributed by atoms with Crippen molar-refractivity contribution in [2.24, 2.45) is 0 Å². The molecule has 130 valence electrons. The van der Waals surface area contributed by atoms with Crippen LogP contribution in [0.5, 0.6) is 0 Å². The lowest BCUT2D eigenvalue weighted by Gasteiger charge is -2.15. The third kappa shape index (κ3) is 4.62. The Morgan fingerprint density at radius 2 is 2.00 bits per heavy atom. The number of anilines is 1. The Morgan fingerprint density at radius 3 is 2.62 bits per heavy atom. The van der Waals surface area contributed by atoms with Crippen LogP contribution in [-0.4, -0.2) is 20.9 Å². The third-order valence-corrected chi connectivity index (χ3v) is 4.89. The maximum absolute atomic E-state index is 6.09. The van der Waals surface area contributed by atoms with E-state index in [1.807, 2.05) is 30.7 Å². The highest BCUT2D eigenvalue weighted by Gasteiger charge is 2.14. The van der Waals surface area contributed by atoms with Gasteiger partial charge in [-0.2, -0.15) is 5.10 Å². The second kappa shape index (κ2) is 8.19. The van der Waals surface area contributed by atoms with Gasteiger partial charge in [-0.25, -0.2) is 0 Å². The lowest BCUT2D eigenvalue weighted by atomic mass is 10.2. The Morgan fingerprint density at radius 1 is 1.29 bits per heavy atom. The van der Waals surface area contributed by atoms with Crippen LogP contribution < -0.4 is 10.6 Å². The quantitative estimate of drug-likeness (QED) is 0.716. The summed E-state index contributed by atoms with van der Waals surface area (Å²) < 4.78 is 1.93. The summed E-state index contributed by atoms with van der Waals surface area (Å²) in [4.78, 5) is 0. The average Bonchev–Trinajstić information content (AvgIpc) is 2.78. The van der Waals surface area contributed by atoms with Crippen molar-refractivity contribution in [3.63, 3.8) is 0 Å². The summed E-state index contributed by atoms with van der Waals surface area (Å²) in [5.41, 5.74) is 3.91. The molecule has 1 aromatic heterocycles. The minimum absolute atomic E-state index is 0.330. The summed E-state index contributed by atoms with van der Waals surface area (Å²) >= 11 is 17.4. The normalized spacial score (nSPS) is 12.1. The third-order valence-electron chi connectivity index (χ3n) is 3.93. The number of aryl methyl sites for hydroxylation is 1. The molecule has 2 N–H and O–H groups in total. The first kappa shape index (κ1) is 19.0. The number of rotatable bonds is 5. The zero-order valence-electron chi connectivity index (χ0n) is 14.3. The number of hydrogen-bond acceptors (Lipinski definition) is 2. The molecule has 0 fully saturated rings. The van der Waals surface area contributed by atoms with Gasteiger partial charge in [-0.15, -0.1) is 0 Å². The van der Waals surface area contributed by atoms with Crippen molar-refractivity contribution < 1.29 is 0 Å². The molecule has 2 aromatic rings. The number of nitrogens with one attached hydrogen (secondary N) is 2. The summed E-state index contributed by atoms with van der Waals surface area (Å²) in [6.07, 6.45) is 1.01. The summed E-state index contributed by atoms with van der Waals surface area (Å²) in [7, 11) is 0. The van der Waals surface area contributed by atoms with Gasteiger partial charge in [0.2, 0.25) is 0 Å². The monoisotopic (exact) mass is 384 g/mol. The SMILES string of the molecule is CCC(C)NC(=S)Nc1c(C)nn(Cc2ccc(Cl)c(Cl)c2)c1C. The molecule has 0 saturated heterocycles. The smallest absolute Gasteiger partial charge is 0.171 e. The first-order valence-corrected chi connectivity index (χ1v) is 9.03. The van der Waals surface area contributed by atoms with Gasteiger partial charge in [-0.1, -0.05) is 36.2 Å². The van der Waals surface area contributed by atoms with E-state index >= 15 is 0 Å². The van der Waals surface area contributed by atoms with Gasteiger partial charge in [0, 0.05) is 6.04 Å². The zero-order chi connectivity index (χ0) is 17.9. The second-order valence-corrected chi connectivity index (χ2v) is 7.08. The van der Waals surface area contributed by atoms with Crippen molar-refractivity contribution in [1.29, 1.82) is 0 Å². The highest BCUT2D eigenvalue weighted by molar-refractivity contribution is 7.80. The Labute approximate surface area is 158 Å². The minimum atomic E-state index is 0.330. The van der Waals surface area contributed by atoms with E-state index < -0.39 is 0 Å². The molecule has 0 amide bonds. The van der Waals surface area contributed by atoms with Crippen LogP contribution >= 0.6 is 35.4 Å². The van der Waals surface area contributed by atoms with E-state index in [-0.39, 0.29) is 0 Å². The Balaban J connectivity index is 2.16. The van der Waals surface area contributed by atoms with E-state index in [2.05, 4.69) is 29.6 Å². The lowest BCUT2D eigenvalue weighted by molar-refractivity contribution is 0.645. The molecule has 1 atom stereocenters. The molecule has 1 heterocycles. The zero-order valence-corrected chi connectivity index (χ0v) is 16.6. The first-order valence-electron chi connectivity index (χ1n) is 7.87. The molecule has 7 heteroatoms. The molecule has 0 aliphatic carbocycles. The number of hydrogen-bond donors (Lipinski definition) is 2. The largest absolute Gasteiger partial charge is 0.360 e. The van der Waals surface area contributed by atoms with Crippen LogP contribution in [0, 0.1) is 13.8 Å². The maximum atomic E-state index is 6.09. The number of thiocarbonyl (C=S) groups is 1. The summed E-state index contributed by atoms with van der Waals surface area (Å²) in [5.74, 6) is 0. The Kier molecular flexibility index (Phi) is 6.49. The van der Waals surface area contributed by atoms with Crippen LogP contribution in [0.4, 0.5) is 5.69 Å². The predicted molar refractivity (Wildman–Crippen MR) is 106 cm³/mol. The van der Waals surface area contributed by atoms with Crippen LogP contribution in [-0.2, 0) is 6.54 Å². The number of benzene rings is 1. The highest BCUT2D eigenvalue weighted by Crippen LogP contribution is 2.25. The molecule has 24 heavy (non-hydrogen) atoms. The molecule has 0 spiro atoms. The molecule has 0 radical (unpaired) electrons. The number of nitrogens with zero attached hydrogens (tertiary/aromatic N) is 2. The van der Waals surface area contributed by atoms with E-state index in [9.17, 15) is 0 Å². The Hall–Kier alpha value is -1.30. The van der Waals surface area contributed by atoms with Gasteiger partial charge in [0.05, 0.1) is 33.7 Å². The van der Waals surface area contributed by atoms with Crippen LogP contribution in [0.1, 0.15) is 37.2 Å². The first-order chi connectivity index (χ1) is 11.3. The van der Waals surface area contributed by atoms with Gasteiger partial charge < -0.3 is 10.6 Å². The van der Waals surface area contributed by atoms with Crippen LogP contribution in [0.15, 0.2) is 18.2 Å². The van der Waals surface area contributed by atoms with Crippen molar-refractivity contribution in [1.82, 2.24) is 15.1 Å². The molecule has 1 aromatic carbocycles. The van der Waals surface area contributed by atoms with Gasteiger partial charge in [0.1, 0.15) is 0 Å². The van der Waals surface area contributed by atoms with Gasteiger partial charge in [0.15, 0.2) is 5.11 Å². The second-order valence-electron chi connectivity index (χ2n) is 5.86. The predicted octanol–water partition coefficient (Wildman–Crippen LogP) is 4.94. The summed E-state index contributed by atoms with van der Waals surface area (Å²) in [5, 5.41) is 12.8. The van der Waals surface area contributed by atoms with E-state index in [1.165, 1.54) is 0 Å². The van der Waals surface area contributed by atoms with Gasteiger partial charge >= 0.3 is 0 Å². The van der Waals surface area contributed by atoms with Crippen molar-refractivity contribution >= 4 is 46.2 Å². The van der Waals surface area contributed by atoms with E-state index in [1.54, 1.807) is 6.07 Å². The number of halogens is 2. The van der Waals surface area contributed by atoms with E-state index in [0.717, 1.165) is 29.1 Å². The minimum Gasteiger partial charge on any atom is -0.360 e. The van der Waals surface area contributed by atoms with Crippen LogP contribution in [0.3, 0.4) is 0 Å². The van der Waals surface area contributed by atoms with Crippen molar-refractivity contribution in [2.75, 3.05) is 5.32 Å². The van der Waals surface area contributed by atoms with Gasteiger partial charge in [0.25, 0.3) is 0 Å². The lowest BCUT2D eigenvalue weighted by Crippen LogP contribution is -2.35. The molecule has 1 unspecified atom stereocenters. The maximum Gasteiger partial charge on any atom is 0.171 e. The summed E-state index contributed by atoms with van der Waals surface area (Å²) in [6.45, 7) is 8.82. The van der Waals surface area contributed by atoms with Crippen LogP contribution in [0.2, 0.25) is 10.0 Å². The average molecular weight is 385 g/mol. The molecular weight excluding hydrogens is 363 g/mol. The molecule has 0 aliphatic heterocycles.